The van der Waals surface area contributed by atoms with Crippen LogP contribution in [0.3, 0.4) is 0 Å². The van der Waals surface area contributed by atoms with Gasteiger partial charge in [0.1, 0.15) is 11.6 Å². The Kier molecular flexibility index (Phi) is 4.85. The maximum absolute atomic E-state index is 9.95. The maximum atomic E-state index is 9.95. The number of nitrogens with two attached hydrogens (primary N) is 1. The van der Waals surface area contributed by atoms with E-state index in [0.29, 0.717) is 5.56 Å². The number of nitrogens with zero attached hydrogens (tertiary/aromatic N) is 1. The molecule has 0 aliphatic heterocycles. The van der Waals surface area contributed by atoms with Gasteiger partial charge < -0.3 is 10.8 Å². The molecule has 0 heterocycles. The van der Waals surface area contributed by atoms with Gasteiger partial charge in [0.05, 0.1) is 5.69 Å². The molecule has 2 aromatic carbocycles. The van der Waals surface area contributed by atoms with Crippen LogP contribution in [0.15, 0.2) is 70.6 Å². The molecule has 0 aromatic heterocycles. The molecule has 2 rings (SSSR count). The fourth-order valence-corrected chi connectivity index (χ4v) is 2.08. The summed E-state index contributed by atoms with van der Waals surface area (Å²) in [4.78, 5) is 5.42. The molecule has 0 radical (unpaired) electrons. The number of aliphatic hydroxyl groups excluding tert-OH is 1. The van der Waals surface area contributed by atoms with Gasteiger partial charge in [-0.1, -0.05) is 30.3 Å². The van der Waals surface area contributed by atoms with Crippen LogP contribution in [-0.4, -0.2) is 17.2 Å². The Hall–Kier alpha value is -2.20. The Labute approximate surface area is 122 Å². The average molecular weight is 284 g/mol. The average Bonchev–Trinajstić information content (AvgIpc) is 2.49. The summed E-state index contributed by atoms with van der Waals surface area (Å²) in [6, 6.07) is 17.0. The summed E-state index contributed by atoms with van der Waals surface area (Å²) in [7, 11) is 0. The van der Waals surface area contributed by atoms with E-state index < -0.39 is 0 Å². The smallest absolute Gasteiger partial charge is 0.127 e. The topological polar surface area (TPSA) is 58.6 Å². The predicted octanol–water partition coefficient (Wildman–Crippen LogP) is 4.00. The molecule has 0 saturated carbocycles. The molecule has 20 heavy (non-hydrogen) atoms. The zero-order valence-corrected chi connectivity index (χ0v) is 12.0. The van der Waals surface area contributed by atoms with E-state index in [-0.39, 0.29) is 11.6 Å². The molecule has 0 saturated heterocycles. The number of amidine groups is 1. The molecule has 0 bridgehead atoms. The first kappa shape index (κ1) is 14.2. The summed E-state index contributed by atoms with van der Waals surface area (Å²) >= 11 is 1.67. The van der Waals surface area contributed by atoms with Gasteiger partial charge in [0.25, 0.3) is 0 Å². The van der Waals surface area contributed by atoms with Gasteiger partial charge in [-0.3, -0.25) is 0 Å². The van der Waals surface area contributed by atoms with Crippen molar-refractivity contribution in [1.29, 1.82) is 0 Å². The quantitative estimate of drug-likeness (QED) is 0.386. The second-order valence-electron chi connectivity index (χ2n) is 4.13. The molecular formula is C16H16N2OS. The van der Waals surface area contributed by atoms with Crippen LogP contribution in [0.1, 0.15) is 5.56 Å². The molecular weight excluding hydrogens is 268 g/mol. The van der Waals surface area contributed by atoms with E-state index in [1.807, 2.05) is 60.9 Å². The van der Waals surface area contributed by atoms with E-state index in [1.165, 1.54) is 11.0 Å². The Balaban J connectivity index is 2.17. The normalized spacial score (nSPS) is 12.4. The Bertz CT molecular complexity index is 619. The molecule has 102 valence electrons. The number of aliphatic imine (C=N–C) groups is 1. The van der Waals surface area contributed by atoms with Crippen LogP contribution in [0.25, 0.3) is 5.76 Å². The van der Waals surface area contributed by atoms with Crippen molar-refractivity contribution in [3.05, 3.63) is 66.2 Å². The van der Waals surface area contributed by atoms with Crippen LogP contribution in [-0.2, 0) is 0 Å². The van der Waals surface area contributed by atoms with Crippen LogP contribution in [0.2, 0.25) is 0 Å². The van der Waals surface area contributed by atoms with Crippen molar-refractivity contribution in [2.24, 2.45) is 10.7 Å². The maximum Gasteiger partial charge on any atom is 0.127 e. The summed E-state index contributed by atoms with van der Waals surface area (Å²) in [5, 5.41) is 9.95. The minimum Gasteiger partial charge on any atom is -0.507 e. The van der Waals surface area contributed by atoms with Crippen LogP contribution >= 0.6 is 11.8 Å². The second-order valence-corrected chi connectivity index (χ2v) is 5.01. The molecule has 2 aromatic rings. The van der Waals surface area contributed by atoms with Gasteiger partial charge in [-0.05, 0) is 30.5 Å². The zero-order chi connectivity index (χ0) is 14.4. The predicted molar refractivity (Wildman–Crippen MR) is 86.6 cm³/mol. The fourth-order valence-electron chi connectivity index (χ4n) is 1.67. The van der Waals surface area contributed by atoms with E-state index in [2.05, 4.69) is 4.99 Å². The Morgan fingerprint density at radius 3 is 2.35 bits per heavy atom. The van der Waals surface area contributed by atoms with Crippen molar-refractivity contribution in [2.75, 3.05) is 6.26 Å². The highest BCUT2D eigenvalue weighted by Gasteiger charge is 1.99. The Morgan fingerprint density at radius 2 is 1.75 bits per heavy atom. The first-order valence-electron chi connectivity index (χ1n) is 6.13. The lowest BCUT2D eigenvalue weighted by Gasteiger charge is -2.01. The monoisotopic (exact) mass is 284 g/mol. The van der Waals surface area contributed by atoms with Gasteiger partial charge in [0.15, 0.2) is 0 Å². The molecule has 0 unspecified atom stereocenters. The highest BCUT2D eigenvalue weighted by Crippen LogP contribution is 2.19. The SMILES string of the molecule is CSc1ccc(N=C(N)/C=C(\O)c2ccccc2)cc1. The number of thioether (sulfide) groups is 1. The van der Waals surface area contributed by atoms with E-state index >= 15 is 0 Å². The van der Waals surface area contributed by atoms with E-state index in [0.717, 1.165) is 5.69 Å². The van der Waals surface area contributed by atoms with Gasteiger partial charge in [-0.15, -0.1) is 11.8 Å². The number of benzene rings is 2. The van der Waals surface area contributed by atoms with E-state index in [4.69, 9.17) is 5.73 Å². The van der Waals surface area contributed by atoms with Crippen LogP contribution < -0.4 is 5.73 Å². The molecule has 0 aliphatic rings. The lowest BCUT2D eigenvalue weighted by molar-refractivity contribution is 0.512. The van der Waals surface area contributed by atoms with E-state index in [1.54, 1.807) is 11.8 Å². The van der Waals surface area contributed by atoms with Crippen molar-refractivity contribution < 1.29 is 5.11 Å². The van der Waals surface area contributed by atoms with Crippen LogP contribution in [0.5, 0.6) is 0 Å². The van der Waals surface area contributed by atoms with Crippen molar-refractivity contribution in [3.63, 3.8) is 0 Å². The molecule has 3 nitrogen and oxygen atoms in total. The lowest BCUT2D eigenvalue weighted by Crippen LogP contribution is -2.08. The first-order valence-corrected chi connectivity index (χ1v) is 7.36. The summed E-state index contributed by atoms with van der Waals surface area (Å²) in [5.41, 5.74) is 7.30. The lowest BCUT2D eigenvalue weighted by atomic mass is 10.2. The summed E-state index contributed by atoms with van der Waals surface area (Å²) in [6.07, 6.45) is 3.48. The van der Waals surface area contributed by atoms with E-state index in [9.17, 15) is 5.11 Å². The van der Waals surface area contributed by atoms with Crippen molar-refractivity contribution in [1.82, 2.24) is 0 Å². The molecule has 0 spiro atoms. The van der Waals surface area contributed by atoms with Crippen LogP contribution in [0.4, 0.5) is 5.69 Å². The largest absolute Gasteiger partial charge is 0.507 e. The fraction of sp³-hybridized carbons (Fsp3) is 0.0625. The third-order valence-corrected chi connectivity index (χ3v) is 3.43. The van der Waals surface area contributed by atoms with Crippen molar-refractivity contribution in [3.8, 4) is 0 Å². The summed E-state index contributed by atoms with van der Waals surface area (Å²) in [5.74, 6) is 0.371. The Morgan fingerprint density at radius 1 is 1.10 bits per heavy atom. The molecule has 3 N–H and O–H groups in total. The standard InChI is InChI=1S/C16H16N2OS/c1-20-14-9-7-13(8-10-14)18-16(17)11-15(19)12-5-3-2-4-6-12/h2-11,19H,1H3,(H2,17,18)/b15-11-. The highest BCUT2D eigenvalue weighted by molar-refractivity contribution is 7.98. The van der Waals surface area contributed by atoms with Gasteiger partial charge in [0.2, 0.25) is 0 Å². The number of hydrogen-bond acceptors (Lipinski definition) is 3. The molecule has 4 heteroatoms. The summed E-state index contributed by atoms with van der Waals surface area (Å²) < 4.78 is 0. The van der Waals surface area contributed by atoms with Crippen molar-refractivity contribution in [2.45, 2.75) is 4.90 Å². The molecule has 0 aliphatic carbocycles. The number of rotatable bonds is 4. The van der Waals surface area contributed by atoms with Crippen molar-refractivity contribution >= 4 is 29.0 Å². The van der Waals surface area contributed by atoms with Gasteiger partial charge >= 0.3 is 0 Å². The summed E-state index contributed by atoms with van der Waals surface area (Å²) in [6.45, 7) is 0. The zero-order valence-electron chi connectivity index (χ0n) is 11.2. The minimum absolute atomic E-state index is 0.104. The molecule has 0 amide bonds. The molecule has 0 atom stereocenters. The third kappa shape index (κ3) is 3.90. The number of aliphatic hydroxyl groups is 1. The van der Waals surface area contributed by atoms with Gasteiger partial charge in [0, 0.05) is 16.5 Å². The first-order chi connectivity index (χ1) is 9.69. The van der Waals surface area contributed by atoms with Gasteiger partial charge in [-0.2, -0.15) is 0 Å². The molecule has 0 fully saturated rings. The van der Waals surface area contributed by atoms with Crippen LogP contribution in [0, 0.1) is 0 Å². The minimum atomic E-state index is 0.104. The highest BCUT2D eigenvalue weighted by atomic mass is 32.2. The number of hydrogen-bond donors (Lipinski definition) is 2. The third-order valence-electron chi connectivity index (χ3n) is 2.68. The second kappa shape index (κ2) is 6.82. The van der Waals surface area contributed by atoms with Gasteiger partial charge in [-0.25, -0.2) is 4.99 Å².